The molecule has 5 nitrogen and oxygen atoms in total. The summed E-state index contributed by atoms with van der Waals surface area (Å²) in [7, 11) is 4.02. The van der Waals surface area contributed by atoms with E-state index in [9.17, 15) is 5.26 Å². The summed E-state index contributed by atoms with van der Waals surface area (Å²) >= 11 is 1.65. The third-order valence-corrected chi connectivity index (χ3v) is 5.87. The number of hydrogen-bond donors (Lipinski definition) is 0. The average molecular weight is 413 g/mol. The fraction of sp³-hybridized carbons (Fsp3) is 0.208. The molecule has 2 heterocycles. The van der Waals surface area contributed by atoms with Gasteiger partial charge in [-0.3, -0.25) is 0 Å². The van der Waals surface area contributed by atoms with Crippen molar-refractivity contribution < 1.29 is 4.74 Å². The molecule has 0 amide bonds. The van der Waals surface area contributed by atoms with Crippen LogP contribution in [-0.2, 0) is 4.74 Å². The highest BCUT2D eigenvalue weighted by atomic mass is 32.1. The molecule has 0 fully saturated rings. The lowest BCUT2D eigenvalue weighted by Crippen LogP contribution is -2.20. The first-order valence-corrected chi connectivity index (χ1v) is 10.1. The van der Waals surface area contributed by atoms with E-state index in [1.807, 2.05) is 46.2 Å². The summed E-state index contributed by atoms with van der Waals surface area (Å²) < 4.78 is 5.79. The largest absolute Gasteiger partial charge is 0.480 e. The summed E-state index contributed by atoms with van der Waals surface area (Å²) in [4.78, 5) is 4.24. The van der Waals surface area contributed by atoms with Gasteiger partial charge in [-0.05, 0) is 49.8 Å². The van der Waals surface area contributed by atoms with Gasteiger partial charge in [-0.15, -0.1) is 11.3 Å². The zero-order valence-corrected chi connectivity index (χ0v) is 18.0. The van der Waals surface area contributed by atoms with Crippen molar-refractivity contribution in [1.29, 1.82) is 15.8 Å². The normalized spacial score (nSPS) is 14.8. The second-order valence-corrected chi connectivity index (χ2v) is 8.53. The molecule has 1 aliphatic rings. The van der Waals surface area contributed by atoms with E-state index in [4.69, 9.17) is 15.3 Å². The molecular formula is C24H20N4OS. The Hall–Kier alpha value is -3.79. The summed E-state index contributed by atoms with van der Waals surface area (Å²) in [5, 5.41) is 27.9. The topological polar surface area (TPSA) is 83.8 Å². The molecule has 0 N–H and O–H groups in total. The van der Waals surface area contributed by atoms with Crippen LogP contribution in [0.25, 0.3) is 16.5 Å². The van der Waals surface area contributed by atoms with Crippen molar-refractivity contribution >= 4 is 23.1 Å². The lowest BCUT2D eigenvalue weighted by molar-refractivity contribution is 0.0954. The zero-order valence-electron chi connectivity index (χ0n) is 17.2. The van der Waals surface area contributed by atoms with E-state index in [0.29, 0.717) is 5.57 Å². The maximum atomic E-state index is 9.61. The second kappa shape index (κ2) is 8.29. The van der Waals surface area contributed by atoms with Gasteiger partial charge < -0.3 is 9.64 Å². The molecule has 0 unspecified atom stereocenters. The highest BCUT2D eigenvalue weighted by Gasteiger charge is 2.38. The first-order chi connectivity index (χ1) is 14.3. The Kier molecular flexibility index (Phi) is 5.79. The van der Waals surface area contributed by atoms with Gasteiger partial charge in [0.15, 0.2) is 11.3 Å². The number of hydrogen-bond acceptors (Lipinski definition) is 6. The van der Waals surface area contributed by atoms with Crippen molar-refractivity contribution in [2.24, 2.45) is 0 Å². The Morgan fingerprint density at radius 1 is 1.00 bits per heavy atom. The minimum Gasteiger partial charge on any atom is -0.480 e. The first-order valence-electron chi connectivity index (χ1n) is 9.25. The Morgan fingerprint density at radius 2 is 1.67 bits per heavy atom. The summed E-state index contributed by atoms with van der Waals surface area (Å²) in [5.74, 6) is 0.0556. The molecule has 3 rings (SSSR count). The van der Waals surface area contributed by atoms with Gasteiger partial charge in [0.25, 0.3) is 0 Å². The number of ether oxygens (including phenoxy) is 1. The van der Waals surface area contributed by atoms with Crippen LogP contribution in [0.2, 0.25) is 0 Å². The smallest absolute Gasteiger partial charge is 0.172 e. The van der Waals surface area contributed by atoms with Crippen molar-refractivity contribution in [3.8, 4) is 28.6 Å². The molecule has 0 bridgehead atoms. The van der Waals surface area contributed by atoms with Crippen LogP contribution >= 0.6 is 11.3 Å². The van der Waals surface area contributed by atoms with Gasteiger partial charge in [-0.25, -0.2) is 0 Å². The second-order valence-electron chi connectivity index (χ2n) is 7.42. The quantitative estimate of drug-likeness (QED) is 0.626. The van der Waals surface area contributed by atoms with Crippen LogP contribution in [-0.4, -0.2) is 19.7 Å². The summed E-state index contributed by atoms with van der Waals surface area (Å²) in [6.07, 6.45) is 3.77. The Labute approximate surface area is 180 Å². The Morgan fingerprint density at radius 3 is 2.23 bits per heavy atom. The monoisotopic (exact) mass is 412 g/mol. The van der Waals surface area contributed by atoms with Crippen molar-refractivity contribution in [1.82, 2.24) is 0 Å². The van der Waals surface area contributed by atoms with Gasteiger partial charge in [-0.2, -0.15) is 15.8 Å². The zero-order chi connectivity index (χ0) is 21.9. The van der Waals surface area contributed by atoms with Crippen molar-refractivity contribution in [3.05, 3.63) is 69.8 Å². The molecule has 0 spiro atoms. The number of allylic oxidation sites excluding steroid dienone is 2. The molecular weight excluding hydrogens is 392 g/mol. The fourth-order valence-corrected chi connectivity index (χ4v) is 4.09. The minimum absolute atomic E-state index is 0.0556. The van der Waals surface area contributed by atoms with Crippen LogP contribution < -0.4 is 4.90 Å². The number of thiophene rings is 1. The van der Waals surface area contributed by atoms with Crippen LogP contribution in [0.3, 0.4) is 0 Å². The molecule has 1 aliphatic heterocycles. The van der Waals surface area contributed by atoms with Crippen molar-refractivity contribution in [2.45, 2.75) is 19.4 Å². The SMILES string of the molecule is CN(C)c1ccc(-c2ccc(/C=C/C3=C(C#N)C(=C(C#N)C#N)OC3(C)C)s2)cc1. The molecule has 1 aromatic carbocycles. The predicted octanol–water partition coefficient (Wildman–Crippen LogP) is 5.42. The number of nitrogens with zero attached hydrogens (tertiary/aromatic N) is 4. The molecule has 6 heteroatoms. The molecule has 0 saturated heterocycles. The third kappa shape index (κ3) is 3.98. The maximum Gasteiger partial charge on any atom is 0.172 e. The van der Waals surface area contributed by atoms with Gasteiger partial charge in [-0.1, -0.05) is 18.2 Å². The lowest BCUT2D eigenvalue weighted by Gasteiger charge is -2.20. The Balaban J connectivity index is 1.93. The number of nitriles is 3. The first kappa shape index (κ1) is 20.9. The van der Waals surface area contributed by atoms with E-state index in [1.165, 1.54) is 0 Å². The fourth-order valence-electron chi connectivity index (χ4n) is 3.17. The van der Waals surface area contributed by atoms with E-state index in [2.05, 4.69) is 41.3 Å². The highest BCUT2D eigenvalue weighted by molar-refractivity contribution is 7.16. The van der Waals surface area contributed by atoms with E-state index < -0.39 is 5.60 Å². The Bertz CT molecular complexity index is 1170. The molecule has 0 radical (unpaired) electrons. The molecule has 1 aromatic heterocycles. The molecule has 30 heavy (non-hydrogen) atoms. The van der Waals surface area contributed by atoms with Crippen LogP contribution in [0, 0.1) is 34.0 Å². The van der Waals surface area contributed by atoms with Gasteiger partial charge in [0.2, 0.25) is 0 Å². The van der Waals surface area contributed by atoms with E-state index in [1.54, 1.807) is 23.5 Å². The third-order valence-electron chi connectivity index (χ3n) is 4.77. The maximum absolute atomic E-state index is 9.61. The van der Waals surface area contributed by atoms with Crippen molar-refractivity contribution in [3.63, 3.8) is 0 Å². The summed E-state index contributed by atoms with van der Waals surface area (Å²) in [6.45, 7) is 3.63. The number of rotatable bonds is 4. The highest BCUT2D eigenvalue weighted by Crippen LogP contribution is 2.40. The number of benzene rings is 1. The molecule has 148 valence electrons. The minimum atomic E-state index is -0.808. The van der Waals surface area contributed by atoms with Gasteiger partial charge in [0.05, 0.1) is 0 Å². The van der Waals surface area contributed by atoms with Gasteiger partial charge >= 0.3 is 0 Å². The molecule has 0 aliphatic carbocycles. The van der Waals surface area contributed by atoms with E-state index in [0.717, 1.165) is 21.0 Å². The molecule has 2 aromatic rings. The molecule has 0 saturated carbocycles. The van der Waals surface area contributed by atoms with E-state index in [-0.39, 0.29) is 16.9 Å². The standard InChI is InChI=1S/C24H20N4OS/c1-24(2)21(20(15-27)23(29-24)17(13-25)14-26)11-9-19-10-12-22(30-19)16-5-7-18(8-6-16)28(3)4/h5-12H,1-4H3/b11-9+. The summed E-state index contributed by atoms with van der Waals surface area (Å²) in [5.41, 5.74) is 2.16. The summed E-state index contributed by atoms with van der Waals surface area (Å²) in [6, 6.07) is 18.2. The van der Waals surface area contributed by atoms with Crippen LogP contribution in [0.15, 0.2) is 65.0 Å². The number of anilines is 1. The van der Waals surface area contributed by atoms with Crippen LogP contribution in [0.4, 0.5) is 5.69 Å². The van der Waals surface area contributed by atoms with E-state index >= 15 is 0 Å². The van der Waals surface area contributed by atoms with Gasteiger partial charge in [0, 0.05) is 35.1 Å². The van der Waals surface area contributed by atoms with Gasteiger partial charge in [0.1, 0.15) is 29.4 Å². The van der Waals surface area contributed by atoms with Crippen LogP contribution in [0.5, 0.6) is 0 Å². The lowest BCUT2D eigenvalue weighted by atomic mass is 9.94. The van der Waals surface area contributed by atoms with Crippen LogP contribution in [0.1, 0.15) is 18.7 Å². The molecule has 0 atom stereocenters. The van der Waals surface area contributed by atoms with Crippen molar-refractivity contribution in [2.75, 3.05) is 19.0 Å². The average Bonchev–Trinajstić information content (AvgIpc) is 3.29. The predicted molar refractivity (Wildman–Crippen MR) is 119 cm³/mol.